The predicted octanol–water partition coefficient (Wildman–Crippen LogP) is 2.55. The maximum absolute atomic E-state index is 5.17. The van der Waals surface area contributed by atoms with Gasteiger partial charge in [0.25, 0.3) is 0 Å². The molecule has 0 saturated carbocycles. The Labute approximate surface area is 121 Å². The first-order valence-electron chi connectivity index (χ1n) is 6.37. The molecule has 2 heterocycles. The number of benzene rings is 1. The number of nitrogens with zero attached hydrogens (tertiary/aromatic N) is 3. The maximum Gasteiger partial charge on any atom is 0.220 e. The zero-order chi connectivity index (χ0) is 14.7. The van der Waals surface area contributed by atoms with E-state index in [4.69, 9.17) is 9.47 Å². The van der Waals surface area contributed by atoms with Crippen molar-refractivity contribution in [2.75, 3.05) is 14.2 Å². The molecule has 6 heteroatoms. The summed E-state index contributed by atoms with van der Waals surface area (Å²) in [5.41, 5.74) is 2.82. The van der Waals surface area contributed by atoms with Crippen LogP contribution in [0.4, 0.5) is 0 Å². The van der Waals surface area contributed by atoms with Gasteiger partial charge in [0.15, 0.2) is 5.82 Å². The third-order valence-electron chi connectivity index (χ3n) is 3.03. The van der Waals surface area contributed by atoms with Crippen LogP contribution in [0.2, 0.25) is 0 Å². The summed E-state index contributed by atoms with van der Waals surface area (Å²) >= 11 is 0. The van der Waals surface area contributed by atoms with Crippen molar-refractivity contribution in [3.63, 3.8) is 0 Å². The molecular formula is C15H14N4O2. The molecule has 1 aromatic carbocycles. The molecule has 0 atom stereocenters. The van der Waals surface area contributed by atoms with Crippen LogP contribution in [-0.2, 0) is 0 Å². The van der Waals surface area contributed by atoms with Crippen molar-refractivity contribution in [2.45, 2.75) is 0 Å². The Bertz CT molecular complexity index is 719. The number of H-pyrrole nitrogens is 1. The highest BCUT2D eigenvalue weighted by atomic mass is 16.5. The Morgan fingerprint density at radius 3 is 2.24 bits per heavy atom. The first-order chi connectivity index (χ1) is 10.3. The van der Waals surface area contributed by atoms with E-state index < -0.39 is 0 Å². The van der Waals surface area contributed by atoms with E-state index in [0.717, 1.165) is 16.8 Å². The Morgan fingerprint density at radius 1 is 0.905 bits per heavy atom. The third kappa shape index (κ3) is 2.69. The van der Waals surface area contributed by atoms with Crippen LogP contribution in [0.25, 0.3) is 22.6 Å². The van der Waals surface area contributed by atoms with Gasteiger partial charge in [0.2, 0.25) is 11.8 Å². The summed E-state index contributed by atoms with van der Waals surface area (Å²) in [6.07, 6.45) is 1.72. The average molecular weight is 282 g/mol. The van der Waals surface area contributed by atoms with Crippen molar-refractivity contribution in [1.82, 2.24) is 20.2 Å². The Hall–Kier alpha value is -2.89. The summed E-state index contributed by atoms with van der Waals surface area (Å²) in [6, 6.07) is 11.4. The fourth-order valence-corrected chi connectivity index (χ4v) is 1.98. The minimum atomic E-state index is 0.462. The molecule has 0 unspecified atom stereocenters. The van der Waals surface area contributed by atoms with E-state index in [0.29, 0.717) is 17.6 Å². The summed E-state index contributed by atoms with van der Waals surface area (Å²) in [5.74, 6) is 1.47. The molecule has 0 saturated heterocycles. The molecule has 6 nitrogen and oxygen atoms in total. The molecule has 3 rings (SSSR count). The molecule has 0 aliphatic heterocycles. The van der Waals surface area contributed by atoms with Gasteiger partial charge in [-0.15, -0.1) is 0 Å². The fourth-order valence-electron chi connectivity index (χ4n) is 1.98. The van der Waals surface area contributed by atoms with Gasteiger partial charge < -0.3 is 9.47 Å². The van der Waals surface area contributed by atoms with Crippen LogP contribution in [0, 0.1) is 0 Å². The van der Waals surface area contributed by atoms with E-state index in [2.05, 4.69) is 20.2 Å². The van der Waals surface area contributed by atoms with E-state index in [9.17, 15) is 0 Å². The lowest BCUT2D eigenvalue weighted by Gasteiger charge is -2.07. The van der Waals surface area contributed by atoms with Crippen LogP contribution in [0.15, 0.2) is 42.6 Å². The fraction of sp³-hybridized carbons (Fsp3) is 0.133. The number of ether oxygens (including phenoxy) is 2. The van der Waals surface area contributed by atoms with Crippen LogP contribution < -0.4 is 9.47 Å². The molecule has 2 aromatic heterocycles. The normalized spacial score (nSPS) is 10.4. The van der Waals surface area contributed by atoms with Crippen LogP contribution in [0.1, 0.15) is 0 Å². The second-order valence-electron chi connectivity index (χ2n) is 4.33. The molecular weight excluding hydrogens is 268 g/mol. The maximum atomic E-state index is 5.17. The van der Waals surface area contributed by atoms with Crippen LogP contribution in [0.5, 0.6) is 11.8 Å². The Morgan fingerprint density at radius 2 is 1.62 bits per heavy atom. The molecule has 3 aromatic rings. The number of methoxy groups -OCH3 is 2. The summed E-state index contributed by atoms with van der Waals surface area (Å²) in [5, 5.41) is 6.90. The molecule has 0 radical (unpaired) electrons. The second kappa shape index (κ2) is 5.62. The number of hydrogen-bond acceptors (Lipinski definition) is 5. The van der Waals surface area contributed by atoms with Gasteiger partial charge >= 0.3 is 0 Å². The van der Waals surface area contributed by atoms with E-state index in [1.165, 1.54) is 0 Å². The molecule has 1 N–H and O–H groups in total. The first-order valence-corrected chi connectivity index (χ1v) is 6.37. The van der Waals surface area contributed by atoms with E-state index in [1.807, 2.05) is 30.3 Å². The van der Waals surface area contributed by atoms with E-state index >= 15 is 0 Å². The minimum Gasteiger partial charge on any atom is -0.481 e. The van der Waals surface area contributed by atoms with Crippen molar-refractivity contribution in [3.05, 3.63) is 42.6 Å². The van der Waals surface area contributed by atoms with Crippen LogP contribution in [0.3, 0.4) is 0 Å². The van der Waals surface area contributed by atoms with Crippen molar-refractivity contribution in [2.24, 2.45) is 0 Å². The highest BCUT2D eigenvalue weighted by Crippen LogP contribution is 2.26. The van der Waals surface area contributed by atoms with Gasteiger partial charge in [0.05, 0.1) is 26.0 Å². The lowest BCUT2D eigenvalue weighted by atomic mass is 10.1. The molecule has 0 bridgehead atoms. The van der Waals surface area contributed by atoms with E-state index in [1.54, 1.807) is 26.5 Å². The molecule has 0 aliphatic rings. The number of aromatic amines is 1. The van der Waals surface area contributed by atoms with Crippen molar-refractivity contribution in [3.8, 4) is 34.4 Å². The smallest absolute Gasteiger partial charge is 0.220 e. The monoisotopic (exact) mass is 282 g/mol. The minimum absolute atomic E-state index is 0.462. The van der Waals surface area contributed by atoms with Crippen LogP contribution >= 0.6 is 0 Å². The average Bonchev–Trinajstić information content (AvgIpc) is 3.09. The summed E-state index contributed by atoms with van der Waals surface area (Å²) in [6.45, 7) is 0. The van der Waals surface area contributed by atoms with Gasteiger partial charge in [-0.1, -0.05) is 18.2 Å². The summed E-state index contributed by atoms with van der Waals surface area (Å²) in [4.78, 5) is 8.71. The highest BCUT2D eigenvalue weighted by molar-refractivity contribution is 5.67. The second-order valence-corrected chi connectivity index (χ2v) is 4.33. The van der Waals surface area contributed by atoms with Gasteiger partial charge in [-0.05, 0) is 12.1 Å². The van der Waals surface area contributed by atoms with Gasteiger partial charge in [0.1, 0.15) is 0 Å². The number of hydrogen-bond donors (Lipinski definition) is 1. The number of nitrogens with one attached hydrogen (secondary N) is 1. The molecule has 0 spiro atoms. The van der Waals surface area contributed by atoms with Crippen molar-refractivity contribution < 1.29 is 9.47 Å². The van der Waals surface area contributed by atoms with Crippen LogP contribution in [-0.4, -0.2) is 34.4 Å². The Kier molecular flexibility index (Phi) is 3.51. The topological polar surface area (TPSA) is 72.9 Å². The van der Waals surface area contributed by atoms with Crippen molar-refractivity contribution in [1.29, 1.82) is 0 Å². The highest BCUT2D eigenvalue weighted by Gasteiger charge is 2.09. The zero-order valence-corrected chi connectivity index (χ0v) is 11.7. The van der Waals surface area contributed by atoms with Gasteiger partial charge in [-0.2, -0.15) is 15.1 Å². The predicted molar refractivity (Wildman–Crippen MR) is 78.2 cm³/mol. The SMILES string of the molecule is COc1cc(OC)nc(-c2cccc(-c3ccn[nH]3)c2)n1. The number of rotatable bonds is 4. The third-order valence-corrected chi connectivity index (χ3v) is 3.03. The quantitative estimate of drug-likeness (QED) is 0.796. The Balaban J connectivity index is 2.06. The van der Waals surface area contributed by atoms with Gasteiger partial charge in [-0.25, -0.2) is 0 Å². The van der Waals surface area contributed by atoms with Crippen molar-refractivity contribution >= 4 is 0 Å². The standard InChI is InChI=1S/C15H14N4O2/c1-20-13-9-14(21-2)18-15(17-13)11-5-3-4-10(8-11)12-6-7-16-19-12/h3-9H,1-2H3,(H,16,19). The first kappa shape index (κ1) is 13.1. The number of aromatic nitrogens is 4. The molecule has 0 fully saturated rings. The summed E-state index contributed by atoms with van der Waals surface area (Å²) < 4.78 is 10.3. The molecule has 106 valence electrons. The summed E-state index contributed by atoms with van der Waals surface area (Å²) in [7, 11) is 3.12. The van der Waals surface area contributed by atoms with Gasteiger partial charge in [0, 0.05) is 17.3 Å². The largest absolute Gasteiger partial charge is 0.481 e. The van der Waals surface area contributed by atoms with Gasteiger partial charge in [-0.3, -0.25) is 5.10 Å². The lowest BCUT2D eigenvalue weighted by Crippen LogP contribution is -1.97. The van der Waals surface area contributed by atoms with E-state index in [-0.39, 0.29) is 0 Å². The molecule has 0 aliphatic carbocycles. The molecule has 21 heavy (non-hydrogen) atoms. The zero-order valence-electron chi connectivity index (χ0n) is 11.7. The lowest BCUT2D eigenvalue weighted by molar-refractivity contribution is 0.372. The molecule has 0 amide bonds.